The quantitative estimate of drug-likeness (QED) is 0.726. The van der Waals surface area contributed by atoms with Crippen LogP contribution in [0.3, 0.4) is 0 Å². The summed E-state index contributed by atoms with van der Waals surface area (Å²) in [6.45, 7) is 5.48. The van der Waals surface area contributed by atoms with Crippen LogP contribution in [0.4, 0.5) is 10.7 Å². The highest BCUT2D eigenvalue weighted by Gasteiger charge is 2.53. The van der Waals surface area contributed by atoms with Gasteiger partial charge in [-0.1, -0.05) is 4.99 Å². The first-order valence-electron chi connectivity index (χ1n) is 7.00. The molecule has 3 heterocycles. The molecule has 1 fully saturated rings. The van der Waals surface area contributed by atoms with Crippen molar-refractivity contribution in [2.75, 3.05) is 14.1 Å². The van der Waals surface area contributed by atoms with Crippen LogP contribution >= 0.6 is 0 Å². The van der Waals surface area contributed by atoms with Gasteiger partial charge in [0.15, 0.2) is 5.78 Å². The maximum absolute atomic E-state index is 12.5. The molecule has 0 radical (unpaired) electrons. The third-order valence-electron chi connectivity index (χ3n) is 4.33. The lowest BCUT2D eigenvalue weighted by molar-refractivity contribution is -0.676. The molecular weight excluding hydrogens is 286 g/mol. The maximum Gasteiger partial charge on any atom is 0.402 e. The highest BCUT2D eigenvalue weighted by atomic mass is 16.2. The normalized spacial score (nSPS) is 20.2. The van der Waals surface area contributed by atoms with Crippen LogP contribution < -0.4 is 4.57 Å². The number of hydrogen-bond acceptors (Lipinski definition) is 4. The molecule has 2 aliphatic heterocycles. The molecule has 1 atom stereocenters. The van der Waals surface area contributed by atoms with Crippen LogP contribution in [-0.2, 0) is 16.1 Å². The molecule has 0 aliphatic carbocycles. The zero-order valence-electron chi connectivity index (χ0n) is 13.2. The van der Waals surface area contributed by atoms with Gasteiger partial charge in [0.1, 0.15) is 17.9 Å². The summed E-state index contributed by atoms with van der Waals surface area (Å²) in [6, 6.07) is -1.05. The second-order valence-corrected chi connectivity index (χ2v) is 5.74. The number of hydrogen-bond donors (Lipinski definition) is 0. The third-order valence-corrected chi connectivity index (χ3v) is 4.33. The molecule has 1 aromatic heterocycles. The predicted octanol–water partition coefficient (Wildman–Crippen LogP) is 0.0899. The van der Waals surface area contributed by atoms with Crippen LogP contribution in [0.25, 0.3) is 0 Å². The molecule has 8 heteroatoms. The fraction of sp³-hybridized carbons (Fsp3) is 0.500. The molecule has 0 aromatic carbocycles. The molecule has 116 valence electrons. The van der Waals surface area contributed by atoms with Gasteiger partial charge < -0.3 is 0 Å². The zero-order valence-corrected chi connectivity index (χ0v) is 13.2. The Kier molecular flexibility index (Phi) is 2.95. The van der Waals surface area contributed by atoms with Crippen molar-refractivity contribution in [1.82, 2.24) is 14.4 Å². The number of ketones is 1. The number of aliphatic imine (C=N–C) groups is 1. The summed E-state index contributed by atoms with van der Waals surface area (Å²) in [5.74, 6) is 0.634. The van der Waals surface area contributed by atoms with Gasteiger partial charge in [0.25, 0.3) is 5.91 Å². The molecule has 0 bridgehead atoms. The molecule has 22 heavy (non-hydrogen) atoms. The monoisotopic (exact) mass is 304 g/mol. The zero-order chi connectivity index (χ0) is 16.3. The minimum atomic E-state index is -0.644. The van der Waals surface area contributed by atoms with E-state index in [1.807, 2.05) is 13.8 Å². The first kappa shape index (κ1) is 14.4. The number of carbonyl (C=O) groups is 3. The van der Waals surface area contributed by atoms with Crippen molar-refractivity contribution in [2.24, 2.45) is 4.99 Å². The van der Waals surface area contributed by atoms with E-state index in [-0.39, 0.29) is 18.2 Å². The Bertz CT molecular complexity index is 761. The first-order valence-corrected chi connectivity index (χ1v) is 7.00. The van der Waals surface area contributed by atoms with Crippen molar-refractivity contribution in [3.05, 3.63) is 11.4 Å². The number of rotatable bonds is 2. The van der Waals surface area contributed by atoms with Crippen LogP contribution in [0.15, 0.2) is 4.99 Å². The standard InChI is InChI=1S/C14H18N5O3/c1-7(20)6-18-8(2)9(3)19-10-11(15-13(18)19)16(4)14(22)17(5)12(10)21/h10H,6H2,1-5H3/q+1. The molecular formula is C14H18N5O3+. The Morgan fingerprint density at radius 2 is 1.86 bits per heavy atom. The van der Waals surface area contributed by atoms with Crippen molar-refractivity contribution < 1.29 is 19.0 Å². The lowest BCUT2D eigenvalue weighted by atomic mass is 10.1. The maximum atomic E-state index is 12.5. The number of nitrogens with zero attached hydrogens (tertiary/aromatic N) is 5. The SMILES string of the molecule is CC(=O)C[n+]1c(C)c(C)n2c1N=C1C2C(=O)N(C)C(=O)N1C. The van der Waals surface area contributed by atoms with Gasteiger partial charge in [-0.2, -0.15) is 0 Å². The lowest BCUT2D eigenvalue weighted by Crippen LogP contribution is -2.56. The van der Waals surface area contributed by atoms with E-state index in [1.165, 1.54) is 18.9 Å². The van der Waals surface area contributed by atoms with E-state index < -0.39 is 12.1 Å². The summed E-state index contributed by atoms with van der Waals surface area (Å²) in [6.07, 6.45) is 0. The van der Waals surface area contributed by atoms with Gasteiger partial charge in [-0.25, -0.2) is 13.9 Å². The highest BCUT2D eigenvalue weighted by Crippen LogP contribution is 2.34. The van der Waals surface area contributed by atoms with Crippen LogP contribution in [0.5, 0.6) is 0 Å². The number of imidazole rings is 1. The number of amides is 3. The molecule has 0 spiro atoms. The summed E-state index contributed by atoms with van der Waals surface area (Å²) < 4.78 is 3.59. The second kappa shape index (κ2) is 4.49. The molecule has 1 aromatic rings. The van der Waals surface area contributed by atoms with E-state index in [9.17, 15) is 14.4 Å². The van der Waals surface area contributed by atoms with Crippen LogP contribution in [-0.4, -0.2) is 52.0 Å². The Balaban J connectivity index is 2.21. The fourth-order valence-electron chi connectivity index (χ4n) is 2.99. The topological polar surface area (TPSA) is 78.9 Å². The van der Waals surface area contributed by atoms with Crippen LogP contribution in [0, 0.1) is 13.8 Å². The third kappa shape index (κ3) is 1.66. The Morgan fingerprint density at radius 3 is 2.45 bits per heavy atom. The largest absolute Gasteiger partial charge is 0.402 e. The Labute approximate surface area is 127 Å². The smallest absolute Gasteiger partial charge is 0.296 e. The molecule has 3 rings (SSSR count). The van der Waals surface area contributed by atoms with Crippen LogP contribution in [0.1, 0.15) is 24.4 Å². The van der Waals surface area contributed by atoms with E-state index >= 15 is 0 Å². The average Bonchev–Trinajstić information content (AvgIpc) is 2.95. The van der Waals surface area contributed by atoms with Gasteiger partial charge in [-0.05, 0) is 20.8 Å². The van der Waals surface area contributed by atoms with E-state index in [4.69, 9.17) is 0 Å². The molecule has 1 saturated heterocycles. The fourth-order valence-corrected chi connectivity index (χ4v) is 2.99. The summed E-state index contributed by atoms with van der Waals surface area (Å²) >= 11 is 0. The number of likely N-dealkylation sites (N-methyl/N-ethyl adjacent to an activating group) is 2. The number of imide groups is 1. The van der Waals surface area contributed by atoms with Gasteiger partial charge >= 0.3 is 12.0 Å². The average molecular weight is 304 g/mol. The van der Waals surface area contributed by atoms with Crippen molar-refractivity contribution in [1.29, 1.82) is 0 Å². The number of aromatic nitrogens is 2. The first-order chi connectivity index (χ1) is 10.3. The molecule has 0 saturated carbocycles. The van der Waals surface area contributed by atoms with Crippen molar-refractivity contribution in [2.45, 2.75) is 33.4 Å². The minimum Gasteiger partial charge on any atom is -0.296 e. The minimum absolute atomic E-state index is 0.00412. The van der Waals surface area contributed by atoms with Gasteiger partial charge in [-0.3, -0.25) is 19.4 Å². The van der Waals surface area contributed by atoms with E-state index in [0.717, 1.165) is 16.3 Å². The van der Waals surface area contributed by atoms with E-state index in [0.29, 0.717) is 11.8 Å². The van der Waals surface area contributed by atoms with Crippen molar-refractivity contribution in [3.63, 3.8) is 0 Å². The summed E-state index contributed by atoms with van der Waals surface area (Å²) in [7, 11) is 3.06. The molecule has 0 N–H and O–H groups in total. The van der Waals surface area contributed by atoms with Crippen LogP contribution in [0.2, 0.25) is 0 Å². The predicted molar refractivity (Wildman–Crippen MR) is 76.8 cm³/mol. The second-order valence-electron chi connectivity index (χ2n) is 5.74. The number of fused-ring (bicyclic) bond motifs is 3. The molecule has 1 unspecified atom stereocenters. The summed E-state index contributed by atoms with van der Waals surface area (Å²) in [5.41, 5.74) is 1.76. The summed E-state index contributed by atoms with van der Waals surface area (Å²) in [4.78, 5) is 43.0. The van der Waals surface area contributed by atoms with Gasteiger partial charge in [0.05, 0.1) is 0 Å². The number of carbonyl (C=O) groups excluding carboxylic acids is 3. The van der Waals surface area contributed by atoms with Crippen molar-refractivity contribution >= 4 is 29.5 Å². The Morgan fingerprint density at radius 1 is 1.23 bits per heavy atom. The molecule has 8 nitrogen and oxygen atoms in total. The summed E-state index contributed by atoms with van der Waals surface area (Å²) in [5, 5.41) is 0. The molecule has 3 amide bonds. The Hall–Kier alpha value is -2.51. The van der Waals surface area contributed by atoms with E-state index in [1.54, 1.807) is 16.2 Å². The lowest BCUT2D eigenvalue weighted by Gasteiger charge is -2.30. The number of Topliss-reactive ketones (excluding diaryl/α,β-unsaturated/α-hetero) is 1. The van der Waals surface area contributed by atoms with Gasteiger partial charge in [-0.15, -0.1) is 0 Å². The number of amidine groups is 1. The van der Waals surface area contributed by atoms with Gasteiger partial charge in [0, 0.05) is 14.1 Å². The highest BCUT2D eigenvalue weighted by molar-refractivity contribution is 6.20. The number of urea groups is 1. The van der Waals surface area contributed by atoms with Crippen molar-refractivity contribution in [3.8, 4) is 0 Å². The molecule has 2 aliphatic rings. The van der Waals surface area contributed by atoms with Gasteiger partial charge in [0.2, 0.25) is 11.9 Å². The van der Waals surface area contributed by atoms with E-state index in [2.05, 4.69) is 4.99 Å².